The lowest BCUT2D eigenvalue weighted by Gasteiger charge is -2.19. The van der Waals surface area contributed by atoms with Crippen molar-refractivity contribution in [3.05, 3.63) is 57.0 Å². The molecule has 1 N–H and O–H groups in total. The average molecular weight is 411 g/mol. The second kappa shape index (κ2) is 8.54. The topological polar surface area (TPSA) is 38.3 Å². The van der Waals surface area contributed by atoms with Crippen LogP contribution in [0, 0.1) is 0 Å². The fraction of sp³-hybridized carbons (Fsp3) is 0.316. The van der Waals surface area contributed by atoms with E-state index in [0.29, 0.717) is 10.8 Å². The van der Waals surface area contributed by atoms with Gasteiger partial charge >= 0.3 is 0 Å². The number of nitrogens with one attached hydrogen (secondary N) is 1. The molecule has 1 amide bonds. The Kier molecular flexibility index (Phi) is 6.69. The second-order valence-corrected chi connectivity index (χ2v) is 6.77. The van der Waals surface area contributed by atoms with E-state index >= 15 is 0 Å². The van der Waals surface area contributed by atoms with Gasteiger partial charge in [0.15, 0.2) is 6.10 Å². The van der Waals surface area contributed by atoms with Crippen molar-refractivity contribution in [3.63, 3.8) is 0 Å². The van der Waals surface area contributed by atoms with Crippen molar-refractivity contribution in [2.45, 2.75) is 39.7 Å². The number of hydrogen-bond acceptors (Lipinski definition) is 2. The summed E-state index contributed by atoms with van der Waals surface area (Å²) in [5.74, 6) is 0.411. The first-order valence-corrected chi connectivity index (χ1v) is 9.16. The zero-order chi connectivity index (χ0) is 17.7. The quantitative estimate of drug-likeness (QED) is 0.670. The van der Waals surface area contributed by atoms with Crippen molar-refractivity contribution in [1.82, 2.24) is 0 Å². The Morgan fingerprint density at radius 2 is 1.83 bits per heavy atom. The first-order valence-electron chi connectivity index (χ1n) is 7.99. The van der Waals surface area contributed by atoms with Crippen molar-refractivity contribution in [2.75, 3.05) is 5.32 Å². The van der Waals surface area contributed by atoms with Gasteiger partial charge in [-0.25, -0.2) is 0 Å². The smallest absolute Gasteiger partial charge is 0.265 e. The maximum atomic E-state index is 12.6. The largest absolute Gasteiger partial charge is 0.480 e. The molecule has 2 rings (SSSR count). The Balaban J connectivity index is 2.15. The first-order chi connectivity index (χ1) is 11.5. The summed E-state index contributed by atoms with van der Waals surface area (Å²) in [4.78, 5) is 12.6. The summed E-state index contributed by atoms with van der Waals surface area (Å²) >= 11 is 9.32. The number of anilines is 1. The van der Waals surface area contributed by atoms with E-state index in [-0.39, 0.29) is 5.91 Å². The zero-order valence-electron chi connectivity index (χ0n) is 14.0. The van der Waals surface area contributed by atoms with E-state index in [0.717, 1.165) is 34.1 Å². The number of rotatable bonds is 6. The summed E-state index contributed by atoms with van der Waals surface area (Å²) in [6.07, 6.45) is 1.10. The predicted octanol–water partition coefficient (Wildman–Crippen LogP) is 5.63. The van der Waals surface area contributed by atoms with Crippen molar-refractivity contribution in [3.8, 4) is 5.75 Å². The number of aryl methyl sites for hydroxylation is 2. The third kappa shape index (κ3) is 4.52. The van der Waals surface area contributed by atoms with E-state index in [1.807, 2.05) is 18.2 Å². The van der Waals surface area contributed by atoms with E-state index in [1.54, 1.807) is 25.1 Å². The van der Waals surface area contributed by atoms with E-state index in [9.17, 15) is 4.79 Å². The van der Waals surface area contributed by atoms with Crippen LogP contribution in [0.2, 0.25) is 5.02 Å². The van der Waals surface area contributed by atoms with Crippen LogP contribution in [0.3, 0.4) is 0 Å². The van der Waals surface area contributed by atoms with Gasteiger partial charge in [-0.05, 0) is 65.0 Å². The van der Waals surface area contributed by atoms with Crippen LogP contribution in [0.4, 0.5) is 5.69 Å². The van der Waals surface area contributed by atoms with Crippen LogP contribution in [0.25, 0.3) is 0 Å². The van der Waals surface area contributed by atoms with Gasteiger partial charge < -0.3 is 10.1 Å². The molecular formula is C19H21BrClNO2. The third-order valence-corrected chi connectivity index (χ3v) is 4.67. The number of ether oxygens (including phenoxy) is 1. The summed E-state index contributed by atoms with van der Waals surface area (Å²) in [7, 11) is 0. The van der Waals surface area contributed by atoms with Gasteiger partial charge in [0.2, 0.25) is 0 Å². The number of amides is 1. The Labute approximate surface area is 156 Å². The number of carbonyl (C=O) groups excluding carboxylic acids is 1. The molecule has 0 aliphatic carbocycles. The molecule has 3 nitrogen and oxygen atoms in total. The molecule has 0 radical (unpaired) electrons. The van der Waals surface area contributed by atoms with Gasteiger partial charge in [0.05, 0.1) is 4.47 Å². The molecule has 0 aliphatic heterocycles. The molecule has 0 bridgehead atoms. The molecule has 24 heavy (non-hydrogen) atoms. The SMILES string of the molecule is CCc1cccc(CC)c1NC(=O)C(C)Oc1ccc(Cl)cc1Br. The monoisotopic (exact) mass is 409 g/mol. The van der Waals surface area contributed by atoms with Gasteiger partial charge in [-0.1, -0.05) is 43.6 Å². The number of hydrogen-bond donors (Lipinski definition) is 1. The van der Waals surface area contributed by atoms with E-state index in [4.69, 9.17) is 16.3 Å². The van der Waals surface area contributed by atoms with Gasteiger partial charge in [0.25, 0.3) is 5.91 Å². The van der Waals surface area contributed by atoms with Gasteiger partial charge in [-0.15, -0.1) is 0 Å². The van der Waals surface area contributed by atoms with Gasteiger partial charge in [0.1, 0.15) is 5.75 Å². The standard InChI is InChI=1S/C19H21BrClNO2/c1-4-13-7-6-8-14(5-2)18(13)22-19(23)12(3)24-17-10-9-15(21)11-16(17)20/h6-12H,4-5H2,1-3H3,(H,22,23). The number of carbonyl (C=O) groups is 1. The molecule has 5 heteroatoms. The number of halogens is 2. The van der Waals surface area contributed by atoms with E-state index in [2.05, 4.69) is 35.1 Å². The molecule has 0 aliphatic rings. The highest BCUT2D eigenvalue weighted by molar-refractivity contribution is 9.10. The lowest BCUT2D eigenvalue weighted by molar-refractivity contribution is -0.122. The molecular weight excluding hydrogens is 390 g/mol. The average Bonchev–Trinajstić information content (AvgIpc) is 2.57. The molecule has 2 aromatic rings. The summed E-state index contributed by atoms with van der Waals surface area (Å²) in [5.41, 5.74) is 3.16. The molecule has 0 fully saturated rings. The summed E-state index contributed by atoms with van der Waals surface area (Å²) in [5, 5.41) is 3.63. The molecule has 1 atom stereocenters. The summed E-state index contributed by atoms with van der Waals surface area (Å²) in [6.45, 7) is 5.89. The second-order valence-electron chi connectivity index (χ2n) is 5.48. The summed E-state index contributed by atoms with van der Waals surface area (Å²) in [6, 6.07) is 11.3. The zero-order valence-corrected chi connectivity index (χ0v) is 16.4. The number of para-hydroxylation sites is 1. The highest BCUT2D eigenvalue weighted by Gasteiger charge is 2.18. The Morgan fingerprint density at radius 1 is 1.21 bits per heavy atom. The molecule has 1 unspecified atom stereocenters. The van der Waals surface area contributed by atoms with Gasteiger partial charge in [-0.3, -0.25) is 4.79 Å². The fourth-order valence-corrected chi connectivity index (χ4v) is 3.22. The maximum absolute atomic E-state index is 12.6. The summed E-state index contributed by atoms with van der Waals surface area (Å²) < 4.78 is 6.48. The minimum atomic E-state index is -0.628. The molecule has 128 valence electrons. The van der Waals surface area contributed by atoms with Crippen molar-refractivity contribution in [2.24, 2.45) is 0 Å². The van der Waals surface area contributed by atoms with Crippen LogP contribution < -0.4 is 10.1 Å². The van der Waals surface area contributed by atoms with Crippen LogP contribution in [0.15, 0.2) is 40.9 Å². The normalized spacial score (nSPS) is 11.9. The minimum Gasteiger partial charge on any atom is -0.480 e. The molecule has 2 aromatic carbocycles. The highest BCUT2D eigenvalue weighted by atomic mass is 79.9. The Bertz CT molecular complexity index is 711. The lowest BCUT2D eigenvalue weighted by Crippen LogP contribution is -2.31. The third-order valence-electron chi connectivity index (χ3n) is 3.81. The van der Waals surface area contributed by atoms with E-state index < -0.39 is 6.10 Å². The highest BCUT2D eigenvalue weighted by Crippen LogP contribution is 2.29. The maximum Gasteiger partial charge on any atom is 0.265 e. The van der Waals surface area contributed by atoms with Gasteiger partial charge in [0, 0.05) is 10.7 Å². The van der Waals surface area contributed by atoms with Gasteiger partial charge in [-0.2, -0.15) is 0 Å². The van der Waals surface area contributed by atoms with Crippen LogP contribution in [0.5, 0.6) is 5.75 Å². The van der Waals surface area contributed by atoms with Crippen LogP contribution in [-0.2, 0) is 17.6 Å². The van der Waals surface area contributed by atoms with Crippen molar-refractivity contribution < 1.29 is 9.53 Å². The molecule has 0 aromatic heterocycles. The number of benzene rings is 2. The molecule has 0 heterocycles. The minimum absolute atomic E-state index is 0.174. The lowest BCUT2D eigenvalue weighted by atomic mass is 10.0. The molecule has 0 spiro atoms. The molecule has 0 saturated carbocycles. The van der Waals surface area contributed by atoms with E-state index in [1.165, 1.54) is 0 Å². The van der Waals surface area contributed by atoms with Crippen LogP contribution in [-0.4, -0.2) is 12.0 Å². The van der Waals surface area contributed by atoms with Crippen molar-refractivity contribution in [1.29, 1.82) is 0 Å². The molecule has 0 saturated heterocycles. The predicted molar refractivity (Wildman–Crippen MR) is 103 cm³/mol. The van der Waals surface area contributed by atoms with Crippen LogP contribution in [0.1, 0.15) is 31.9 Å². The first kappa shape index (κ1) is 18.8. The Morgan fingerprint density at radius 3 is 2.38 bits per heavy atom. The Hall–Kier alpha value is -1.52. The van der Waals surface area contributed by atoms with Crippen molar-refractivity contribution >= 4 is 39.1 Å². The fourth-order valence-electron chi connectivity index (χ4n) is 2.44. The van der Waals surface area contributed by atoms with Crippen LogP contribution >= 0.6 is 27.5 Å².